The van der Waals surface area contributed by atoms with Gasteiger partial charge in [0, 0.05) is 0 Å². The van der Waals surface area contributed by atoms with Crippen LogP contribution >= 0.6 is 0 Å². The number of benzene rings is 3. The van der Waals surface area contributed by atoms with Crippen molar-refractivity contribution in [1.82, 2.24) is 0 Å². The summed E-state index contributed by atoms with van der Waals surface area (Å²) in [6.45, 7) is 2.05. The molecule has 0 bridgehead atoms. The van der Waals surface area contributed by atoms with Crippen LogP contribution in [0.1, 0.15) is 5.56 Å². The Morgan fingerprint density at radius 3 is 2.44 bits per heavy atom. The van der Waals surface area contributed by atoms with Crippen molar-refractivity contribution >= 4 is 21.5 Å². The van der Waals surface area contributed by atoms with E-state index < -0.39 is 0 Å². The molecule has 3 aromatic carbocycles. The van der Waals surface area contributed by atoms with Crippen molar-refractivity contribution in [3.63, 3.8) is 0 Å². The van der Waals surface area contributed by atoms with Crippen LogP contribution in [-0.4, -0.2) is 0 Å². The predicted octanol–water partition coefficient (Wildman–Crippen LogP) is 4.44. The van der Waals surface area contributed by atoms with E-state index in [9.17, 15) is 4.39 Å². The third-order valence-corrected chi connectivity index (χ3v) is 3.10. The van der Waals surface area contributed by atoms with Crippen LogP contribution in [-0.2, 0) is 0 Å². The Kier molecular flexibility index (Phi) is 1.93. The highest BCUT2D eigenvalue weighted by Gasteiger charge is 2.04. The van der Waals surface area contributed by atoms with Crippen molar-refractivity contribution in [3.8, 4) is 0 Å². The van der Waals surface area contributed by atoms with Crippen LogP contribution in [0, 0.1) is 12.7 Å². The second-order valence-electron chi connectivity index (χ2n) is 4.09. The lowest BCUT2D eigenvalue weighted by atomic mass is 9.98. The van der Waals surface area contributed by atoms with Crippen molar-refractivity contribution in [1.29, 1.82) is 0 Å². The minimum Gasteiger partial charge on any atom is -0.207 e. The first-order chi connectivity index (χ1) is 7.75. The van der Waals surface area contributed by atoms with Crippen LogP contribution in [0.3, 0.4) is 0 Å². The minimum atomic E-state index is -0.175. The molecule has 1 heteroatoms. The van der Waals surface area contributed by atoms with Crippen LogP contribution in [0.2, 0.25) is 0 Å². The fourth-order valence-corrected chi connectivity index (χ4v) is 2.26. The molecule has 0 atom stereocenters. The zero-order valence-corrected chi connectivity index (χ0v) is 9.00. The number of hydrogen-bond acceptors (Lipinski definition) is 0. The number of hydrogen-bond donors (Lipinski definition) is 0. The zero-order chi connectivity index (χ0) is 11.1. The molecular formula is C15H11F. The van der Waals surface area contributed by atoms with Gasteiger partial charge in [-0.15, -0.1) is 0 Å². The molecule has 0 aliphatic rings. The number of halogens is 1. The molecule has 0 nitrogen and oxygen atoms in total. The Morgan fingerprint density at radius 1 is 0.812 bits per heavy atom. The van der Waals surface area contributed by atoms with Gasteiger partial charge in [-0.25, -0.2) is 4.39 Å². The van der Waals surface area contributed by atoms with E-state index in [1.54, 1.807) is 6.07 Å². The van der Waals surface area contributed by atoms with Gasteiger partial charge < -0.3 is 0 Å². The molecule has 0 amide bonds. The van der Waals surface area contributed by atoms with Gasteiger partial charge in [0.15, 0.2) is 0 Å². The predicted molar refractivity (Wildman–Crippen MR) is 66.1 cm³/mol. The van der Waals surface area contributed by atoms with Gasteiger partial charge in [0.05, 0.1) is 0 Å². The van der Waals surface area contributed by atoms with Gasteiger partial charge in [-0.1, -0.05) is 30.3 Å². The molecule has 3 rings (SSSR count). The summed E-state index contributed by atoms with van der Waals surface area (Å²) in [4.78, 5) is 0. The molecule has 16 heavy (non-hydrogen) atoms. The summed E-state index contributed by atoms with van der Waals surface area (Å²) in [5.74, 6) is -0.175. The standard InChI is InChI=1S/C15H11F/c1-10-14-5-3-2-4-11(14)8-12-6-7-13(16)9-15(10)12/h2-9H,1H3. The highest BCUT2D eigenvalue weighted by atomic mass is 19.1. The van der Waals surface area contributed by atoms with E-state index in [0.717, 1.165) is 16.3 Å². The van der Waals surface area contributed by atoms with E-state index in [0.29, 0.717) is 0 Å². The van der Waals surface area contributed by atoms with Crippen molar-refractivity contribution < 1.29 is 4.39 Å². The van der Waals surface area contributed by atoms with E-state index in [4.69, 9.17) is 0 Å². The highest BCUT2D eigenvalue weighted by molar-refractivity contribution is 6.01. The lowest BCUT2D eigenvalue weighted by molar-refractivity contribution is 0.629. The van der Waals surface area contributed by atoms with Crippen LogP contribution in [0.15, 0.2) is 48.5 Å². The molecule has 0 unspecified atom stereocenters. The summed E-state index contributed by atoms with van der Waals surface area (Å²) in [5, 5.41) is 4.50. The fraction of sp³-hybridized carbons (Fsp3) is 0.0667. The van der Waals surface area contributed by atoms with Gasteiger partial charge >= 0.3 is 0 Å². The molecule has 0 aliphatic carbocycles. The average molecular weight is 210 g/mol. The van der Waals surface area contributed by atoms with Crippen molar-refractivity contribution in [2.24, 2.45) is 0 Å². The summed E-state index contributed by atoms with van der Waals surface area (Å²) in [5.41, 5.74) is 1.15. The summed E-state index contributed by atoms with van der Waals surface area (Å²) >= 11 is 0. The van der Waals surface area contributed by atoms with Crippen molar-refractivity contribution in [3.05, 3.63) is 59.9 Å². The zero-order valence-electron chi connectivity index (χ0n) is 9.00. The van der Waals surface area contributed by atoms with E-state index in [1.807, 2.05) is 25.1 Å². The first-order valence-electron chi connectivity index (χ1n) is 5.33. The van der Waals surface area contributed by atoms with Gasteiger partial charge in [-0.2, -0.15) is 0 Å². The van der Waals surface area contributed by atoms with E-state index in [-0.39, 0.29) is 5.82 Å². The largest absolute Gasteiger partial charge is 0.207 e. The maximum absolute atomic E-state index is 13.2. The summed E-state index contributed by atoms with van der Waals surface area (Å²) < 4.78 is 13.2. The molecule has 0 radical (unpaired) electrons. The van der Waals surface area contributed by atoms with Crippen LogP contribution < -0.4 is 0 Å². The third kappa shape index (κ3) is 1.28. The molecular weight excluding hydrogens is 199 g/mol. The maximum atomic E-state index is 13.2. The Morgan fingerprint density at radius 2 is 1.56 bits per heavy atom. The third-order valence-electron chi connectivity index (χ3n) is 3.10. The van der Waals surface area contributed by atoms with Crippen LogP contribution in [0.4, 0.5) is 4.39 Å². The summed E-state index contributed by atoms with van der Waals surface area (Å²) in [6, 6.07) is 15.3. The maximum Gasteiger partial charge on any atom is 0.123 e. The van der Waals surface area contributed by atoms with E-state index in [1.165, 1.54) is 16.8 Å². The SMILES string of the molecule is Cc1c2ccccc2cc2ccc(F)cc12. The fourth-order valence-electron chi connectivity index (χ4n) is 2.26. The first-order valence-corrected chi connectivity index (χ1v) is 5.33. The quantitative estimate of drug-likeness (QED) is 0.481. The molecule has 0 aliphatic heterocycles. The molecule has 0 N–H and O–H groups in total. The monoisotopic (exact) mass is 210 g/mol. The van der Waals surface area contributed by atoms with Gasteiger partial charge in [-0.3, -0.25) is 0 Å². The number of rotatable bonds is 0. The molecule has 78 valence electrons. The highest BCUT2D eigenvalue weighted by Crippen LogP contribution is 2.28. The van der Waals surface area contributed by atoms with Crippen molar-refractivity contribution in [2.45, 2.75) is 6.92 Å². The topological polar surface area (TPSA) is 0 Å². The normalized spacial score (nSPS) is 11.1. The average Bonchev–Trinajstić information content (AvgIpc) is 2.31. The second-order valence-corrected chi connectivity index (χ2v) is 4.09. The Labute approximate surface area is 93.3 Å². The summed E-state index contributed by atoms with van der Waals surface area (Å²) in [6.07, 6.45) is 0. The minimum absolute atomic E-state index is 0.175. The second kappa shape index (κ2) is 3.31. The Balaban J connectivity index is 2.56. The van der Waals surface area contributed by atoms with E-state index in [2.05, 4.69) is 18.2 Å². The molecule has 0 fully saturated rings. The Bertz CT molecular complexity index is 683. The molecule has 3 aromatic rings. The van der Waals surface area contributed by atoms with Gasteiger partial charge in [0.2, 0.25) is 0 Å². The lowest BCUT2D eigenvalue weighted by Crippen LogP contribution is -1.84. The van der Waals surface area contributed by atoms with Crippen LogP contribution in [0.25, 0.3) is 21.5 Å². The Hall–Kier alpha value is -1.89. The van der Waals surface area contributed by atoms with E-state index >= 15 is 0 Å². The molecule has 0 saturated carbocycles. The van der Waals surface area contributed by atoms with Gasteiger partial charge in [0.1, 0.15) is 5.82 Å². The number of aryl methyl sites for hydroxylation is 1. The van der Waals surface area contributed by atoms with Gasteiger partial charge in [0.25, 0.3) is 0 Å². The van der Waals surface area contributed by atoms with Crippen LogP contribution in [0.5, 0.6) is 0 Å². The smallest absolute Gasteiger partial charge is 0.123 e. The van der Waals surface area contributed by atoms with Gasteiger partial charge in [-0.05, 0) is 52.2 Å². The molecule has 0 saturated heterocycles. The van der Waals surface area contributed by atoms with Crippen molar-refractivity contribution in [2.75, 3.05) is 0 Å². The molecule has 0 spiro atoms. The lowest BCUT2D eigenvalue weighted by Gasteiger charge is -2.07. The number of fused-ring (bicyclic) bond motifs is 2. The molecule has 0 aromatic heterocycles. The summed E-state index contributed by atoms with van der Waals surface area (Å²) in [7, 11) is 0. The first kappa shape index (κ1) is 9.34. The molecule has 0 heterocycles.